The average Bonchev–Trinajstić information content (AvgIpc) is 2.26. The van der Waals surface area contributed by atoms with Gasteiger partial charge in [-0.25, -0.2) is 0 Å². The lowest BCUT2D eigenvalue weighted by Crippen LogP contribution is -2.36. The highest BCUT2D eigenvalue weighted by Gasteiger charge is 2.04. The van der Waals surface area contributed by atoms with Crippen molar-refractivity contribution in [2.75, 3.05) is 11.9 Å². The normalized spacial score (nSPS) is 11.9. The fraction of sp³-hybridized carbons (Fsp3) is 0.417. The summed E-state index contributed by atoms with van der Waals surface area (Å²) in [4.78, 5) is 11.5. The van der Waals surface area contributed by atoms with E-state index in [0.29, 0.717) is 6.54 Å². The summed E-state index contributed by atoms with van der Waals surface area (Å²) in [5.74, 6) is 0.0354. The first-order valence-corrected chi connectivity index (χ1v) is 6.48. The molecule has 1 aromatic carbocycles. The van der Waals surface area contributed by atoms with Crippen LogP contribution >= 0.6 is 22.6 Å². The molecule has 0 spiro atoms. The second-order valence-electron chi connectivity index (χ2n) is 3.74. The van der Waals surface area contributed by atoms with Crippen molar-refractivity contribution in [1.29, 1.82) is 0 Å². The van der Waals surface area contributed by atoms with E-state index in [4.69, 9.17) is 0 Å². The monoisotopic (exact) mass is 332 g/mol. The largest absolute Gasteiger partial charge is 0.376 e. The van der Waals surface area contributed by atoms with Crippen LogP contribution < -0.4 is 10.6 Å². The predicted octanol–water partition coefficient (Wildman–Crippen LogP) is 2.62. The third-order valence-corrected chi connectivity index (χ3v) is 2.97. The molecule has 88 valence electrons. The standard InChI is InChI=1S/C12H17IN2O/c1-3-9(2)15-12(16)8-14-11-6-4-5-10(13)7-11/h4-7,9,14H,3,8H2,1-2H3,(H,15,16). The lowest BCUT2D eigenvalue weighted by Gasteiger charge is -2.12. The maximum absolute atomic E-state index is 11.5. The number of nitrogens with one attached hydrogen (secondary N) is 2. The Kier molecular flexibility index (Phi) is 5.59. The molecule has 4 heteroatoms. The zero-order valence-corrected chi connectivity index (χ0v) is 11.7. The van der Waals surface area contributed by atoms with Crippen molar-refractivity contribution in [3.05, 3.63) is 27.8 Å². The van der Waals surface area contributed by atoms with E-state index in [0.717, 1.165) is 15.7 Å². The van der Waals surface area contributed by atoms with Gasteiger partial charge in [0, 0.05) is 15.3 Å². The van der Waals surface area contributed by atoms with Crippen molar-refractivity contribution in [2.24, 2.45) is 0 Å². The summed E-state index contributed by atoms with van der Waals surface area (Å²) in [5, 5.41) is 6.01. The molecule has 2 N–H and O–H groups in total. The van der Waals surface area contributed by atoms with E-state index in [1.807, 2.05) is 31.2 Å². The summed E-state index contributed by atoms with van der Waals surface area (Å²) in [6, 6.07) is 8.20. The van der Waals surface area contributed by atoms with Gasteiger partial charge < -0.3 is 10.6 Å². The highest BCUT2D eigenvalue weighted by molar-refractivity contribution is 14.1. The van der Waals surface area contributed by atoms with Crippen molar-refractivity contribution in [3.63, 3.8) is 0 Å². The highest BCUT2D eigenvalue weighted by atomic mass is 127. The van der Waals surface area contributed by atoms with Gasteiger partial charge in [-0.15, -0.1) is 0 Å². The van der Waals surface area contributed by atoms with Crippen LogP contribution in [-0.4, -0.2) is 18.5 Å². The number of benzene rings is 1. The Hall–Kier alpha value is -0.780. The van der Waals surface area contributed by atoms with Gasteiger partial charge in [0.15, 0.2) is 0 Å². The lowest BCUT2D eigenvalue weighted by molar-refractivity contribution is -0.120. The molecule has 0 radical (unpaired) electrons. The van der Waals surface area contributed by atoms with Crippen molar-refractivity contribution < 1.29 is 4.79 Å². The van der Waals surface area contributed by atoms with Crippen molar-refractivity contribution in [3.8, 4) is 0 Å². The Morgan fingerprint density at radius 3 is 2.88 bits per heavy atom. The second kappa shape index (κ2) is 6.73. The van der Waals surface area contributed by atoms with Gasteiger partial charge in [0.05, 0.1) is 6.54 Å². The quantitative estimate of drug-likeness (QED) is 0.814. The summed E-state index contributed by atoms with van der Waals surface area (Å²) >= 11 is 2.25. The molecule has 1 amide bonds. The summed E-state index contributed by atoms with van der Waals surface area (Å²) in [5.41, 5.74) is 0.978. The molecular formula is C12H17IN2O. The molecule has 16 heavy (non-hydrogen) atoms. The van der Waals surface area contributed by atoms with Crippen LogP contribution in [0, 0.1) is 3.57 Å². The van der Waals surface area contributed by atoms with Gasteiger partial charge in [-0.2, -0.15) is 0 Å². The van der Waals surface area contributed by atoms with Crippen LogP contribution in [0.25, 0.3) is 0 Å². The van der Waals surface area contributed by atoms with Crippen LogP contribution in [0.1, 0.15) is 20.3 Å². The molecule has 0 aromatic heterocycles. The minimum atomic E-state index is 0.0354. The van der Waals surface area contributed by atoms with Crippen molar-refractivity contribution in [2.45, 2.75) is 26.3 Å². The van der Waals surface area contributed by atoms with Gasteiger partial charge in [-0.3, -0.25) is 4.79 Å². The summed E-state index contributed by atoms with van der Waals surface area (Å²) in [6.45, 7) is 4.38. The van der Waals surface area contributed by atoms with Gasteiger partial charge in [-0.1, -0.05) is 13.0 Å². The molecule has 1 unspecified atom stereocenters. The summed E-state index contributed by atoms with van der Waals surface area (Å²) in [6.07, 6.45) is 0.953. The molecule has 1 aromatic rings. The van der Waals surface area contributed by atoms with E-state index in [1.165, 1.54) is 0 Å². The van der Waals surface area contributed by atoms with Gasteiger partial charge in [-0.05, 0) is 54.1 Å². The first-order valence-electron chi connectivity index (χ1n) is 5.40. The molecule has 1 rings (SSSR count). The summed E-state index contributed by atoms with van der Waals surface area (Å²) in [7, 11) is 0. The van der Waals surface area contributed by atoms with Crippen LogP contribution in [0.3, 0.4) is 0 Å². The summed E-state index contributed by atoms with van der Waals surface area (Å²) < 4.78 is 1.16. The Morgan fingerprint density at radius 2 is 2.25 bits per heavy atom. The van der Waals surface area contributed by atoms with E-state index in [1.54, 1.807) is 0 Å². The average molecular weight is 332 g/mol. The van der Waals surface area contributed by atoms with Gasteiger partial charge in [0.1, 0.15) is 0 Å². The predicted molar refractivity (Wildman–Crippen MR) is 75.5 cm³/mol. The minimum absolute atomic E-state index is 0.0354. The van der Waals surface area contributed by atoms with Gasteiger partial charge >= 0.3 is 0 Å². The number of rotatable bonds is 5. The van der Waals surface area contributed by atoms with Crippen molar-refractivity contribution >= 4 is 34.2 Å². The molecule has 0 bridgehead atoms. The molecule has 3 nitrogen and oxygen atoms in total. The maximum atomic E-state index is 11.5. The van der Waals surface area contributed by atoms with E-state index in [-0.39, 0.29) is 11.9 Å². The van der Waals surface area contributed by atoms with Crippen LogP contribution in [0.15, 0.2) is 24.3 Å². The van der Waals surface area contributed by atoms with Gasteiger partial charge in [0.25, 0.3) is 0 Å². The fourth-order valence-corrected chi connectivity index (χ4v) is 1.75. The third-order valence-electron chi connectivity index (χ3n) is 2.30. The Bertz CT molecular complexity index is 355. The van der Waals surface area contributed by atoms with Gasteiger partial charge in [0.2, 0.25) is 5.91 Å². The van der Waals surface area contributed by atoms with E-state index in [9.17, 15) is 4.79 Å². The van der Waals surface area contributed by atoms with E-state index in [2.05, 4.69) is 40.1 Å². The van der Waals surface area contributed by atoms with Crippen LogP contribution in [-0.2, 0) is 4.79 Å². The number of anilines is 1. The first-order chi connectivity index (χ1) is 7.61. The zero-order chi connectivity index (χ0) is 12.0. The maximum Gasteiger partial charge on any atom is 0.239 e. The van der Waals surface area contributed by atoms with E-state index >= 15 is 0 Å². The topological polar surface area (TPSA) is 41.1 Å². The Morgan fingerprint density at radius 1 is 1.50 bits per heavy atom. The molecule has 0 aliphatic carbocycles. The fourth-order valence-electron chi connectivity index (χ4n) is 1.21. The molecule has 0 aliphatic heterocycles. The van der Waals surface area contributed by atoms with E-state index < -0.39 is 0 Å². The molecule has 0 aliphatic rings. The Labute approximate surface area is 110 Å². The Balaban J connectivity index is 2.37. The smallest absolute Gasteiger partial charge is 0.239 e. The number of halogens is 1. The van der Waals surface area contributed by atoms with Crippen LogP contribution in [0.2, 0.25) is 0 Å². The molecule has 1 atom stereocenters. The molecule has 0 saturated carbocycles. The van der Waals surface area contributed by atoms with Crippen LogP contribution in [0.4, 0.5) is 5.69 Å². The number of hydrogen-bond acceptors (Lipinski definition) is 2. The number of hydrogen-bond donors (Lipinski definition) is 2. The molecular weight excluding hydrogens is 315 g/mol. The third kappa shape index (κ3) is 4.83. The molecule has 0 heterocycles. The SMILES string of the molecule is CCC(C)NC(=O)CNc1cccc(I)c1. The number of amides is 1. The number of carbonyl (C=O) groups is 1. The van der Waals surface area contributed by atoms with Crippen LogP contribution in [0.5, 0.6) is 0 Å². The second-order valence-corrected chi connectivity index (χ2v) is 4.99. The minimum Gasteiger partial charge on any atom is -0.376 e. The number of carbonyl (C=O) groups excluding carboxylic acids is 1. The highest BCUT2D eigenvalue weighted by Crippen LogP contribution is 2.11. The van der Waals surface area contributed by atoms with Crippen molar-refractivity contribution in [1.82, 2.24) is 5.32 Å². The first kappa shape index (κ1) is 13.3. The molecule has 0 fully saturated rings. The lowest BCUT2D eigenvalue weighted by atomic mass is 10.2. The molecule has 0 saturated heterocycles. The zero-order valence-electron chi connectivity index (χ0n) is 9.59.